The van der Waals surface area contributed by atoms with E-state index in [0.717, 1.165) is 53.5 Å². The molecule has 0 aliphatic rings. The zero-order chi connectivity index (χ0) is 24.3. The summed E-state index contributed by atoms with van der Waals surface area (Å²) in [6.45, 7) is 16.1. The van der Waals surface area contributed by atoms with Crippen molar-refractivity contribution in [1.29, 1.82) is 0 Å². The zero-order valence-electron chi connectivity index (χ0n) is 21.1. The molecule has 0 unspecified atom stereocenters. The largest absolute Gasteiger partial charge is 0.340 e. The molecule has 3 heterocycles. The molecule has 0 atom stereocenters. The molecule has 0 aliphatic carbocycles. The number of nitrogens with one attached hydrogen (secondary N) is 1. The Bertz CT molecular complexity index is 1280. The first-order valence-electron chi connectivity index (χ1n) is 12.0. The van der Waals surface area contributed by atoms with Gasteiger partial charge >= 0.3 is 0 Å². The van der Waals surface area contributed by atoms with Gasteiger partial charge in [-0.05, 0) is 68.4 Å². The first kappa shape index (κ1) is 23.8. The second-order valence-corrected chi connectivity index (χ2v) is 9.40. The Hall–Kier alpha value is -3.38. The van der Waals surface area contributed by atoms with E-state index in [2.05, 4.69) is 77.1 Å². The maximum Gasteiger partial charge on any atom is 0.165 e. The fourth-order valence-electron chi connectivity index (χ4n) is 4.34. The van der Waals surface area contributed by atoms with Crippen LogP contribution in [0.1, 0.15) is 44.6 Å². The van der Waals surface area contributed by atoms with Crippen LogP contribution in [0.4, 0.5) is 11.5 Å². The van der Waals surface area contributed by atoms with E-state index in [0.29, 0.717) is 11.5 Å². The van der Waals surface area contributed by atoms with Gasteiger partial charge in [0.25, 0.3) is 0 Å². The number of fused-ring (bicyclic) bond motifs is 1. The fourth-order valence-corrected chi connectivity index (χ4v) is 4.34. The van der Waals surface area contributed by atoms with Crippen LogP contribution in [-0.2, 0) is 5.41 Å². The fraction of sp³-hybridized carbons (Fsp3) is 0.357. The van der Waals surface area contributed by atoms with Crippen LogP contribution in [0.5, 0.6) is 0 Å². The second kappa shape index (κ2) is 9.85. The van der Waals surface area contributed by atoms with Gasteiger partial charge in [-0.3, -0.25) is 4.98 Å². The predicted molar refractivity (Wildman–Crippen MR) is 141 cm³/mol. The third-order valence-corrected chi connectivity index (χ3v) is 6.37. The lowest BCUT2D eigenvalue weighted by atomic mass is 9.84. The summed E-state index contributed by atoms with van der Waals surface area (Å²) in [6.07, 6.45) is 1.79. The molecule has 3 aromatic heterocycles. The molecule has 6 heteroatoms. The van der Waals surface area contributed by atoms with Gasteiger partial charge < -0.3 is 10.2 Å². The van der Waals surface area contributed by atoms with Crippen LogP contribution in [0.3, 0.4) is 0 Å². The molecule has 0 fully saturated rings. The van der Waals surface area contributed by atoms with Crippen LogP contribution in [0.2, 0.25) is 0 Å². The molecule has 6 nitrogen and oxygen atoms in total. The number of benzene rings is 1. The van der Waals surface area contributed by atoms with Gasteiger partial charge in [0.2, 0.25) is 0 Å². The highest BCUT2D eigenvalue weighted by Gasteiger charge is 2.23. The van der Waals surface area contributed by atoms with E-state index in [1.165, 1.54) is 5.56 Å². The Kier molecular flexibility index (Phi) is 6.89. The van der Waals surface area contributed by atoms with Crippen molar-refractivity contribution in [3.05, 3.63) is 71.7 Å². The van der Waals surface area contributed by atoms with E-state index in [9.17, 15) is 0 Å². The smallest absolute Gasteiger partial charge is 0.165 e. The molecular weight excluding hydrogens is 420 g/mol. The van der Waals surface area contributed by atoms with Crippen molar-refractivity contribution >= 4 is 22.5 Å². The molecule has 1 aromatic carbocycles. The van der Waals surface area contributed by atoms with Crippen LogP contribution < -0.4 is 5.32 Å². The van der Waals surface area contributed by atoms with Crippen molar-refractivity contribution in [2.75, 3.05) is 25.0 Å². The highest BCUT2D eigenvalue weighted by Crippen LogP contribution is 2.29. The molecule has 0 bridgehead atoms. The molecule has 0 amide bonds. The Morgan fingerprint density at radius 2 is 1.62 bits per heavy atom. The Labute approximate surface area is 202 Å². The SMILES string of the molecule is CCN(CC)CC(C)(C)c1ccc(Nc2nc(C)nc3nc(-c4ncccc4C)ccc23)cc1. The van der Waals surface area contributed by atoms with Gasteiger partial charge in [0.05, 0.1) is 16.8 Å². The predicted octanol–water partition coefficient (Wildman–Crippen LogP) is 6.07. The maximum atomic E-state index is 4.80. The lowest BCUT2D eigenvalue weighted by molar-refractivity contribution is 0.245. The number of aryl methyl sites for hydroxylation is 2. The number of aromatic nitrogens is 4. The third kappa shape index (κ3) is 5.07. The number of hydrogen-bond acceptors (Lipinski definition) is 6. The average molecular weight is 455 g/mol. The van der Waals surface area contributed by atoms with Crippen LogP contribution in [0.25, 0.3) is 22.4 Å². The van der Waals surface area contributed by atoms with Crippen molar-refractivity contribution in [1.82, 2.24) is 24.8 Å². The van der Waals surface area contributed by atoms with Crippen LogP contribution in [0, 0.1) is 13.8 Å². The minimum Gasteiger partial charge on any atom is -0.340 e. The minimum atomic E-state index is 0.0761. The topological polar surface area (TPSA) is 66.8 Å². The lowest BCUT2D eigenvalue weighted by Gasteiger charge is -2.32. The van der Waals surface area contributed by atoms with E-state index in [1.807, 2.05) is 38.1 Å². The maximum absolute atomic E-state index is 4.80. The molecule has 0 spiro atoms. The minimum absolute atomic E-state index is 0.0761. The van der Waals surface area contributed by atoms with E-state index >= 15 is 0 Å². The Morgan fingerprint density at radius 3 is 2.29 bits per heavy atom. The summed E-state index contributed by atoms with van der Waals surface area (Å²) in [5, 5.41) is 4.37. The van der Waals surface area contributed by atoms with Gasteiger partial charge in [-0.15, -0.1) is 0 Å². The first-order chi connectivity index (χ1) is 16.3. The summed E-state index contributed by atoms with van der Waals surface area (Å²) in [5.41, 5.74) is 5.83. The van der Waals surface area contributed by atoms with Gasteiger partial charge in [-0.1, -0.05) is 45.9 Å². The van der Waals surface area contributed by atoms with E-state index < -0.39 is 0 Å². The van der Waals surface area contributed by atoms with Crippen molar-refractivity contribution in [2.24, 2.45) is 0 Å². The van der Waals surface area contributed by atoms with E-state index in [1.54, 1.807) is 6.20 Å². The number of likely N-dealkylation sites (N-methyl/N-ethyl adjacent to an activating group) is 1. The molecule has 0 saturated heterocycles. The summed E-state index contributed by atoms with van der Waals surface area (Å²) in [7, 11) is 0. The van der Waals surface area contributed by atoms with Gasteiger partial charge in [-0.2, -0.15) is 0 Å². The highest BCUT2D eigenvalue weighted by molar-refractivity contribution is 5.90. The van der Waals surface area contributed by atoms with Gasteiger partial charge in [-0.25, -0.2) is 15.0 Å². The van der Waals surface area contributed by atoms with Crippen molar-refractivity contribution in [3.63, 3.8) is 0 Å². The van der Waals surface area contributed by atoms with Gasteiger partial charge in [0.15, 0.2) is 5.65 Å². The number of nitrogens with zero attached hydrogens (tertiary/aromatic N) is 5. The first-order valence-corrected chi connectivity index (χ1v) is 12.0. The molecular formula is C28H34N6. The van der Waals surface area contributed by atoms with Gasteiger partial charge in [0.1, 0.15) is 11.6 Å². The molecule has 34 heavy (non-hydrogen) atoms. The summed E-state index contributed by atoms with van der Waals surface area (Å²) < 4.78 is 0. The Balaban J connectivity index is 1.61. The molecule has 0 radical (unpaired) electrons. The number of pyridine rings is 2. The molecule has 1 N–H and O–H groups in total. The van der Waals surface area contributed by atoms with Crippen molar-refractivity contribution in [3.8, 4) is 11.4 Å². The van der Waals surface area contributed by atoms with Crippen LogP contribution >= 0.6 is 0 Å². The van der Waals surface area contributed by atoms with Gasteiger partial charge in [0, 0.05) is 23.8 Å². The third-order valence-electron chi connectivity index (χ3n) is 6.37. The number of rotatable bonds is 8. The van der Waals surface area contributed by atoms with Crippen LogP contribution in [-0.4, -0.2) is 44.5 Å². The summed E-state index contributed by atoms with van der Waals surface area (Å²) in [5.74, 6) is 1.43. The second-order valence-electron chi connectivity index (χ2n) is 9.40. The molecule has 0 aliphatic heterocycles. The summed E-state index contributed by atoms with van der Waals surface area (Å²) >= 11 is 0. The monoisotopic (exact) mass is 454 g/mol. The number of anilines is 2. The normalized spacial score (nSPS) is 11.9. The quantitative estimate of drug-likeness (QED) is 0.349. The van der Waals surface area contributed by atoms with Crippen molar-refractivity contribution in [2.45, 2.75) is 47.0 Å². The average Bonchev–Trinajstić information content (AvgIpc) is 2.82. The molecule has 176 valence electrons. The highest BCUT2D eigenvalue weighted by atomic mass is 15.1. The van der Waals surface area contributed by atoms with E-state index in [-0.39, 0.29) is 5.41 Å². The standard InChI is InChI=1S/C28H34N6/c1-7-34(8-2)18-28(5,6)21-11-13-22(14-12-21)32-26-23-15-16-24(25-19(3)10-9-17-29-25)33-27(23)31-20(4)30-26/h9-17H,7-8,18H2,1-6H3,(H,30,31,32,33). The van der Waals surface area contributed by atoms with E-state index in [4.69, 9.17) is 4.98 Å². The zero-order valence-corrected chi connectivity index (χ0v) is 21.1. The summed E-state index contributed by atoms with van der Waals surface area (Å²) in [4.78, 5) is 21.0. The number of hydrogen-bond donors (Lipinski definition) is 1. The molecule has 0 saturated carbocycles. The lowest BCUT2D eigenvalue weighted by Crippen LogP contribution is -2.36. The Morgan fingerprint density at radius 1 is 0.882 bits per heavy atom. The molecule has 4 aromatic rings. The van der Waals surface area contributed by atoms with Crippen LogP contribution in [0.15, 0.2) is 54.7 Å². The summed E-state index contributed by atoms with van der Waals surface area (Å²) in [6, 6.07) is 16.7. The van der Waals surface area contributed by atoms with Crippen molar-refractivity contribution < 1.29 is 0 Å². The molecule has 4 rings (SSSR count).